The van der Waals surface area contributed by atoms with Crippen molar-refractivity contribution >= 4 is 11.5 Å². The Morgan fingerprint density at radius 3 is 2.11 bits per heavy atom. The number of carbonyl (C=O) groups excluding carboxylic acids is 1. The highest BCUT2D eigenvalue weighted by atomic mass is 16.4. The van der Waals surface area contributed by atoms with Crippen LogP contribution in [0.5, 0.6) is 0 Å². The second-order valence-electron chi connectivity index (χ2n) is 2.20. The van der Waals surface area contributed by atoms with Crippen molar-refractivity contribution in [2.45, 2.75) is 20.8 Å². The molecule has 0 aliphatic heterocycles. The molecule has 0 fully saturated rings. The van der Waals surface area contributed by atoms with Crippen molar-refractivity contribution in [3.8, 4) is 0 Å². The molecule has 0 heterocycles. The zero-order chi connectivity index (χ0) is 7.44. The zero-order valence-electron chi connectivity index (χ0n) is 5.88. The summed E-state index contributed by atoms with van der Waals surface area (Å²) in [6.07, 6.45) is 0. The standard InChI is InChI=1S/C6H11NO2/c1-4(2)6(8)5(3)7-9/h4,9H,1-3H3/b7-5-. The number of ketones is 1. The van der Waals surface area contributed by atoms with E-state index < -0.39 is 0 Å². The summed E-state index contributed by atoms with van der Waals surface area (Å²) in [6, 6.07) is 0. The molecule has 0 aliphatic rings. The van der Waals surface area contributed by atoms with Gasteiger partial charge in [-0.05, 0) is 6.92 Å². The zero-order valence-corrected chi connectivity index (χ0v) is 5.88. The monoisotopic (exact) mass is 129 g/mol. The van der Waals surface area contributed by atoms with E-state index in [-0.39, 0.29) is 17.4 Å². The Morgan fingerprint density at radius 2 is 2.00 bits per heavy atom. The summed E-state index contributed by atoms with van der Waals surface area (Å²) in [5, 5.41) is 10.9. The van der Waals surface area contributed by atoms with Gasteiger partial charge in [0, 0.05) is 5.92 Å². The highest BCUT2D eigenvalue weighted by Gasteiger charge is 2.09. The van der Waals surface area contributed by atoms with Crippen molar-refractivity contribution in [1.29, 1.82) is 0 Å². The van der Waals surface area contributed by atoms with Gasteiger partial charge in [-0.1, -0.05) is 19.0 Å². The molecular weight excluding hydrogens is 118 g/mol. The minimum Gasteiger partial charge on any atom is -0.411 e. The molecule has 0 aromatic rings. The first-order valence-corrected chi connectivity index (χ1v) is 2.82. The number of carbonyl (C=O) groups is 1. The van der Waals surface area contributed by atoms with Crippen molar-refractivity contribution in [3.05, 3.63) is 0 Å². The highest BCUT2D eigenvalue weighted by Crippen LogP contribution is 1.95. The van der Waals surface area contributed by atoms with E-state index in [4.69, 9.17) is 5.21 Å². The fraction of sp³-hybridized carbons (Fsp3) is 0.667. The van der Waals surface area contributed by atoms with Gasteiger partial charge in [0.2, 0.25) is 0 Å². The Morgan fingerprint density at radius 1 is 1.56 bits per heavy atom. The van der Waals surface area contributed by atoms with Gasteiger partial charge in [0.05, 0.1) is 0 Å². The van der Waals surface area contributed by atoms with Crippen LogP contribution in [-0.2, 0) is 4.79 Å². The van der Waals surface area contributed by atoms with Crippen LogP contribution >= 0.6 is 0 Å². The number of oxime groups is 1. The van der Waals surface area contributed by atoms with E-state index in [2.05, 4.69) is 5.16 Å². The van der Waals surface area contributed by atoms with E-state index in [0.717, 1.165) is 0 Å². The third-order valence-corrected chi connectivity index (χ3v) is 1.03. The van der Waals surface area contributed by atoms with Crippen LogP contribution in [0.3, 0.4) is 0 Å². The molecule has 0 unspecified atom stereocenters. The molecule has 0 rings (SSSR count). The van der Waals surface area contributed by atoms with Crippen LogP contribution in [0.2, 0.25) is 0 Å². The van der Waals surface area contributed by atoms with Crippen molar-refractivity contribution in [1.82, 2.24) is 0 Å². The van der Waals surface area contributed by atoms with Crippen molar-refractivity contribution < 1.29 is 10.0 Å². The Labute approximate surface area is 54.4 Å². The van der Waals surface area contributed by atoms with E-state index in [0.29, 0.717) is 0 Å². The van der Waals surface area contributed by atoms with Crippen LogP contribution in [0.4, 0.5) is 0 Å². The van der Waals surface area contributed by atoms with Crippen LogP contribution in [0.15, 0.2) is 5.16 Å². The van der Waals surface area contributed by atoms with E-state index in [1.807, 2.05) is 0 Å². The Balaban J connectivity index is 4.06. The largest absolute Gasteiger partial charge is 0.411 e. The quantitative estimate of drug-likeness (QED) is 0.344. The molecule has 3 nitrogen and oxygen atoms in total. The molecule has 0 bridgehead atoms. The second-order valence-corrected chi connectivity index (χ2v) is 2.20. The normalized spacial score (nSPS) is 12.2. The molecule has 0 saturated heterocycles. The number of hydrogen-bond donors (Lipinski definition) is 1. The lowest BCUT2D eigenvalue weighted by Gasteiger charge is -1.98. The lowest BCUT2D eigenvalue weighted by molar-refractivity contribution is -0.115. The fourth-order valence-corrected chi connectivity index (χ4v) is 0.467. The molecule has 0 amide bonds. The molecule has 0 atom stereocenters. The lowest BCUT2D eigenvalue weighted by Crippen LogP contribution is -2.16. The van der Waals surface area contributed by atoms with E-state index in [1.165, 1.54) is 6.92 Å². The number of Topliss-reactive ketones (excluding diaryl/α,β-unsaturated/α-hetero) is 1. The maximum absolute atomic E-state index is 10.8. The first-order chi connectivity index (χ1) is 4.09. The molecule has 0 aliphatic carbocycles. The van der Waals surface area contributed by atoms with Crippen molar-refractivity contribution in [2.75, 3.05) is 0 Å². The van der Waals surface area contributed by atoms with Crippen LogP contribution in [-0.4, -0.2) is 16.7 Å². The molecule has 3 heteroatoms. The molecule has 9 heavy (non-hydrogen) atoms. The molecule has 52 valence electrons. The van der Waals surface area contributed by atoms with E-state index in [9.17, 15) is 4.79 Å². The first kappa shape index (κ1) is 8.14. The Kier molecular flexibility index (Phi) is 2.91. The number of nitrogens with zero attached hydrogens (tertiary/aromatic N) is 1. The average molecular weight is 129 g/mol. The molecule has 0 aromatic heterocycles. The predicted octanol–water partition coefficient (Wildman–Crippen LogP) is 1.06. The lowest BCUT2D eigenvalue weighted by atomic mass is 10.1. The summed E-state index contributed by atoms with van der Waals surface area (Å²) in [7, 11) is 0. The minimum absolute atomic E-state index is 0.0825. The smallest absolute Gasteiger partial charge is 0.182 e. The van der Waals surface area contributed by atoms with Gasteiger partial charge in [-0.3, -0.25) is 4.79 Å². The topological polar surface area (TPSA) is 49.7 Å². The fourth-order valence-electron chi connectivity index (χ4n) is 0.467. The molecule has 0 saturated carbocycles. The van der Waals surface area contributed by atoms with Gasteiger partial charge in [0.25, 0.3) is 0 Å². The van der Waals surface area contributed by atoms with Crippen LogP contribution in [0.25, 0.3) is 0 Å². The van der Waals surface area contributed by atoms with E-state index in [1.54, 1.807) is 13.8 Å². The van der Waals surface area contributed by atoms with E-state index >= 15 is 0 Å². The van der Waals surface area contributed by atoms with Gasteiger partial charge >= 0.3 is 0 Å². The molecule has 1 N–H and O–H groups in total. The Hall–Kier alpha value is -0.860. The third kappa shape index (κ3) is 2.26. The van der Waals surface area contributed by atoms with Crippen LogP contribution in [0, 0.1) is 5.92 Å². The van der Waals surface area contributed by atoms with Gasteiger partial charge in [-0.2, -0.15) is 0 Å². The van der Waals surface area contributed by atoms with Gasteiger partial charge < -0.3 is 5.21 Å². The maximum atomic E-state index is 10.8. The summed E-state index contributed by atoms with van der Waals surface area (Å²) in [5.74, 6) is -0.196. The van der Waals surface area contributed by atoms with Gasteiger partial charge in [-0.15, -0.1) is 0 Å². The summed E-state index contributed by atoms with van der Waals surface area (Å²) >= 11 is 0. The van der Waals surface area contributed by atoms with Gasteiger partial charge in [0.1, 0.15) is 5.71 Å². The van der Waals surface area contributed by atoms with Crippen molar-refractivity contribution in [2.24, 2.45) is 11.1 Å². The van der Waals surface area contributed by atoms with Gasteiger partial charge in [0.15, 0.2) is 5.78 Å². The first-order valence-electron chi connectivity index (χ1n) is 2.82. The number of hydrogen-bond acceptors (Lipinski definition) is 3. The van der Waals surface area contributed by atoms with Crippen LogP contribution < -0.4 is 0 Å². The van der Waals surface area contributed by atoms with Crippen molar-refractivity contribution in [3.63, 3.8) is 0 Å². The van der Waals surface area contributed by atoms with Crippen LogP contribution in [0.1, 0.15) is 20.8 Å². The minimum atomic E-state index is -0.113. The average Bonchev–Trinajstić information content (AvgIpc) is 1.84. The Bertz CT molecular complexity index is 138. The molecular formula is C6H11NO2. The van der Waals surface area contributed by atoms with Gasteiger partial charge in [-0.25, -0.2) is 0 Å². The molecule has 0 aromatic carbocycles. The SMILES string of the molecule is C/C(=N/O)C(=O)C(C)C. The summed E-state index contributed by atoms with van der Waals surface area (Å²) < 4.78 is 0. The highest BCUT2D eigenvalue weighted by molar-refractivity contribution is 6.39. The summed E-state index contributed by atoms with van der Waals surface area (Å²) in [5.41, 5.74) is 0.171. The second kappa shape index (κ2) is 3.22. The molecule has 0 radical (unpaired) electrons. The summed E-state index contributed by atoms with van der Waals surface area (Å²) in [6.45, 7) is 5.01. The molecule has 0 spiro atoms. The predicted molar refractivity (Wildman–Crippen MR) is 34.7 cm³/mol. The third-order valence-electron chi connectivity index (χ3n) is 1.03. The number of rotatable bonds is 2. The summed E-state index contributed by atoms with van der Waals surface area (Å²) in [4.78, 5) is 10.8. The maximum Gasteiger partial charge on any atom is 0.182 e.